The van der Waals surface area contributed by atoms with E-state index < -0.39 is 0 Å². The summed E-state index contributed by atoms with van der Waals surface area (Å²) >= 11 is 6.66. The molecule has 1 aliphatic heterocycles. The van der Waals surface area contributed by atoms with Crippen LogP contribution in [0.4, 0.5) is 5.82 Å². The molecule has 1 aliphatic rings. The number of nitrogens with zero attached hydrogens (tertiary/aromatic N) is 2. The van der Waals surface area contributed by atoms with Gasteiger partial charge in [0.1, 0.15) is 10.7 Å². The van der Waals surface area contributed by atoms with Crippen LogP contribution in [0.15, 0.2) is 30.3 Å². The maximum atomic E-state index is 12.5. The summed E-state index contributed by atoms with van der Waals surface area (Å²) < 4.78 is 2.37. The minimum atomic E-state index is 0.00535. The molecule has 0 radical (unpaired) electrons. The summed E-state index contributed by atoms with van der Waals surface area (Å²) in [4.78, 5) is 14.9. The molecule has 0 atom stereocenters. The highest BCUT2D eigenvalue weighted by molar-refractivity contribution is 7.73. The highest BCUT2D eigenvalue weighted by atomic mass is 32.1. The van der Waals surface area contributed by atoms with Crippen LogP contribution in [0.5, 0.6) is 0 Å². The maximum absolute atomic E-state index is 12.5. The first-order chi connectivity index (χ1) is 9.68. The maximum Gasteiger partial charge on any atom is 0.267 e. The number of carbonyl (C=O) groups excluding carboxylic acids is 1. The lowest BCUT2D eigenvalue weighted by atomic mass is 10.3. The average Bonchev–Trinajstić information content (AvgIpc) is 3.08. The van der Waals surface area contributed by atoms with Gasteiger partial charge in [-0.2, -0.15) is 0 Å². The van der Waals surface area contributed by atoms with Gasteiger partial charge in [0.2, 0.25) is 0 Å². The summed E-state index contributed by atoms with van der Waals surface area (Å²) in [6.07, 6.45) is 2.13. The number of nitrogen functional groups attached to an aromatic ring is 1. The normalized spacial score (nSPS) is 14.7. The molecule has 1 aromatic carbocycles. The Morgan fingerprint density at radius 2 is 1.85 bits per heavy atom. The highest BCUT2D eigenvalue weighted by Gasteiger charge is 2.25. The van der Waals surface area contributed by atoms with Crippen molar-refractivity contribution >= 4 is 35.3 Å². The van der Waals surface area contributed by atoms with E-state index in [0.717, 1.165) is 31.6 Å². The number of likely N-dealkylation sites (tertiary alicyclic amines) is 1. The van der Waals surface area contributed by atoms with Crippen molar-refractivity contribution in [3.05, 3.63) is 39.2 Å². The van der Waals surface area contributed by atoms with Crippen molar-refractivity contribution in [1.29, 1.82) is 0 Å². The van der Waals surface area contributed by atoms with Crippen LogP contribution in [0.1, 0.15) is 22.5 Å². The molecule has 0 unspecified atom stereocenters. The van der Waals surface area contributed by atoms with Crippen molar-refractivity contribution in [2.24, 2.45) is 0 Å². The van der Waals surface area contributed by atoms with Crippen LogP contribution >= 0.6 is 23.6 Å². The summed E-state index contributed by atoms with van der Waals surface area (Å²) in [6, 6.07) is 9.66. The molecule has 0 aliphatic carbocycles. The third-order valence-corrected chi connectivity index (χ3v) is 4.83. The standard InChI is InChI=1S/C14H15N3OS2/c15-12-11(13(18)16-8-4-5-9-16)20-14(19)17(12)10-6-2-1-3-7-10/h1-3,6-7H,4-5,8-9,15H2. The SMILES string of the molecule is Nc1c(C(=O)N2CCCC2)sc(=S)n1-c1ccccc1. The van der Waals surface area contributed by atoms with Gasteiger partial charge >= 0.3 is 0 Å². The van der Waals surface area contributed by atoms with Gasteiger partial charge in [-0.1, -0.05) is 29.5 Å². The lowest BCUT2D eigenvalue weighted by molar-refractivity contribution is 0.0798. The van der Waals surface area contributed by atoms with E-state index >= 15 is 0 Å². The molecular weight excluding hydrogens is 290 g/mol. The van der Waals surface area contributed by atoms with Crippen molar-refractivity contribution in [3.8, 4) is 5.69 Å². The fourth-order valence-electron chi connectivity index (χ4n) is 2.42. The lowest BCUT2D eigenvalue weighted by Gasteiger charge is -2.14. The number of amides is 1. The van der Waals surface area contributed by atoms with E-state index in [-0.39, 0.29) is 5.91 Å². The van der Waals surface area contributed by atoms with Crippen LogP contribution < -0.4 is 5.73 Å². The summed E-state index contributed by atoms with van der Waals surface area (Å²) in [5.41, 5.74) is 7.06. The third kappa shape index (κ3) is 2.25. The molecule has 2 heterocycles. The molecule has 104 valence electrons. The van der Waals surface area contributed by atoms with Gasteiger partial charge in [0.15, 0.2) is 3.95 Å². The average molecular weight is 305 g/mol. The van der Waals surface area contributed by atoms with Gasteiger partial charge in [-0.05, 0) is 37.2 Å². The van der Waals surface area contributed by atoms with E-state index in [2.05, 4.69) is 0 Å². The molecule has 1 aromatic heterocycles. The van der Waals surface area contributed by atoms with E-state index in [0.29, 0.717) is 14.6 Å². The fraction of sp³-hybridized carbons (Fsp3) is 0.286. The van der Waals surface area contributed by atoms with Gasteiger partial charge in [0.25, 0.3) is 5.91 Å². The monoisotopic (exact) mass is 305 g/mol. The first-order valence-electron chi connectivity index (χ1n) is 6.54. The Kier molecular flexibility index (Phi) is 3.58. The van der Waals surface area contributed by atoms with Crippen molar-refractivity contribution in [2.75, 3.05) is 18.8 Å². The smallest absolute Gasteiger partial charge is 0.267 e. The summed E-state index contributed by atoms with van der Waals surface area (Å²) in [6.45, 7) is 1.63. The van der Waals surface area contributed by atoms with Gasteiger partial charge in [0.05, 0.1) is 0 Å². The number of hydrogen-bond donors (Lipinski definition) is 1. The minimum absolute atomic E-state index is 0.00535. The second-order valence-corrected chi connectivity index (χ2v) is 6.40. The Hall–Kier alpha value is -1.66. The summed E-state index contributed by atoms with van der Waals surface area (Å²) in [7, 11) is 0. The van der Waals surface area contributed by atoms with Crippen molar-refractivity contribution in [3.63, 3.8) is 0 Å². The number of nitrogens with two attached hydrogens (primary N) is 1. The van der Waals surface area contributed by atoms with E-state index in [1.807, 2.05) is 35.2 Å². The molecule has 2 N–H and O–H groups in total. The molecule has 0 spiro atoms. The van der Waals surface area contributed by atoms with Crippen LogP contribution in [-0.4, -0.2) is 28.5 Å². The summed E-state index contributed by atoms with van der Waals surface area (Å²) in [5.74, 6) is 0.453. The largest absolute Gasteiger partial charge is 0.383 e. The number of benzene rings is 1. The van der Waals surface area contributed by atoms with Gasteiger partial charge in [0, 0.05) is 18.8 Å². The predicted molar refractivity (Wildman–Crippen MR) is 84.0 cm³/mol. The zero-order chi connectivity index (χ0) is 14.1. The Morgan fingerprint density at radius 1 is 1.20 bits per heavy atom. The third-order valence-electron chi connectivity index (χ3n) is 3.45. The van der Waals surface area contributed by atoms with Crippen LogP contribution in [-0.2, 0) is 0 Å². The van der Waals surface area contributed by atoms with Gasteiger partial charge in [-0.3, -0.25) is 9.36 Å². The number of thiazole rings is 1. The van der Waals surface area contributed by atoms with E-state index in [1.54, 1.807) is 4.57 Å². The Balaban J connectivity index is 2.03. The van der Waals surface area contributed by atoms with E-state index in [1.165, 1.54) is 11.3 Å². The molecule has 4 nitrogen and oxygen atoms in total. The minimum Gasteiger partial charge on any atom is -0.383 e. The molecule has 20 heavy (non-hydrogen) atoms. The lowest BCUT2D eigenvalue weighted by Crippen LogP contribution is -2.27. The quantitative estimate of drug-likeness (QED) is 0.868. The van der Waals surface area contributed by atoms with Gasteiger partial charge in [-0.25, -0.2) is 0 Å². The Morgan fingerprint density at radius 3 is 2.50 bits per heavy atom. The Labute approximate surface area is 126 Å². The molecule has 6 heteroatoms. The predicted octanol–water partition coefficient (Wildman–Crippen LogP) is 3.09. The second kappa shape index (κ2) is 5.38. The van der Waals surface area contributed by atoms with Crippen LogP contribution in [0.2, 0.25) is 0 Å². The molecule has 1 amide bonds. The molecule has 0 bridgehead atoms. The number of para-hydroxylation sites is 1. The first-order valence-corrected chi connectivity index (χ1v) is 7.77. The first kappa shape index (κ1) is 13.3. The number of hydrogen-bond acceptors (Lipinski definition) is 4. The Bertz CT molecular complexity index is 684. The van der Waals surface area contributed by atoms with Crippen LogP contribution in [0, 0.1) is 3.95 Å². The molecule has 0 saturated carbocycles. The van der Waals surface area contributed by atoms with Crippen molar-refractivity contribution in [2.45, 2.75) is 12.8 Å². The molecule has 3 rings (SSSR count). The van der Waals surface area contributed by atoms with Gasteiger partial charge in [-0.15, -0.1) is 0 Å². The van der Waals surface area contributed by atoms with Crippen molar-refractivity contribution < 1.29 is 4.79 Å². The highest BCUT2D eigenvalue weighted by Crippen LogP contribution is 2.28. The van der Waals surface area contributed by atoms with Crippen LogP contribution in [0.3, 0.4) is 0 Å². The molecule has 2 aromatic rings. The van der Waals surface area contributed by atoms with Crippen LogP contribution in [0.25, 0.3) is 5.69 Å². The summed E-state index contributed by atoms with van der Waals surface area (Å²) in [5, 5.41) is 0. The van der Waals surface area contributed by atoms with E-state index in [9.17, 15) is 4.79 Å². The second-order valence-electron chi connectivity index (χ2n) is 4.75. The zero-order valence-electron chi connectivity index (χ0n) is 10.9. The molecule has 1 fully saturated rings. The van der Waals surface area contributed by atoms with E-state index in [4.69, 9.17) is 18.0 Å². The van der Waals surface area contributed by atoms with Crippen molar-refractivity contribution in [1.82, 2.24) is 9.47 Å². The zero-order valence-corrected chi connectivity index (χ0v) is 12.5. The topological polar surface area (TPSA) is 51.3 Å². The van der Waals surface area contributed by atoms with Gasteiger partial charge < -0.3 is 10.6 Å². The number of rotatable bonds is 2. The number of anilines is 1. The molecular formula is C14H15N3OS2. The number of carbonyl (C=O) groups is 1. The molecule has 1 saturated heterocycles. The fourth-order valence-corrected chi connectivity index (χ4v) is 3.76. The number of aromatic nitrogens is 1.